The minimum absolute atomic E-state index is 0.0446. The van der Waals surface area contributed by atoms with Crippen LogP contribution in [0.2, 0.25) is 0 Å². The third-order valence-corrected chi connectivity index (χ3v) is 4.08. The van der Waals surface area contributed by atoms with E-state index in [9.17, 15) is 4.79 Å². The molecule has 1 unspecified atom stereocenters. The standard InChI is InChI=1S/C8H8BrNOS/c1-8(9)4-10-7(11)5-2-3-12-6(5)8/h2-3H,4H2,1H3,(H,10,11). The van der Waals surface area contributed by atoms with Gasteiger partial charge in [0, 0.05) is 11.4 Å². The molecule has 0 spiro atoms. The Morgan fingerprint density at radius 2 is 2.50 bits per heavy atom. The fourth-order valence-corrected chi connectivity index (χ4v) is 2.89. The van der Waals surface area contributed by atoms with Gasteiger partial charge in [-0.05, 0) is 18.4 Å². The Balaban J connectivity index is 2.57. The minimum atomic E-state index is -0.0790. The summed E-state index contributed by atoms with van der Waals surface area (Å²) >= 11 is 5.22. The zero-order chi connectivity index (χ0) is 8.77. The van der Waals surface area contributed by atoms with Crippen LogP contribution in [0.1, 0.15) is 22.2 Å². The van der Waals surface area contributed by atoms with E-state index in [-0.39, 0.29) is 10.2 Å². The first-order chi connectivity index (χ1) is 5.61. The van der Waals surface area contributed by atoms with Crippen LogP contribution in [0.15, 0.2) is 11.4 Å². The summed E-state index contributed by atoms with van der Waals surface area (Å²) in [5, 5.41) is 4.79. The van der Waals surface area contributed by atoms with E-state index in [1.54, 1.807) is 11.3 Å². The predicted molar refractivity (Wildman–Crippen MR) is 52.9 cm³/mol. The zero-order valence-corrected chi connectivity index (χ0v) is 8.96. The monoisotopic (exact) mass is 245 g/mol. The molecule has 0 radical (unpaired) electrons. The fraction of sp³-hybridized carbons (Fsp3) is 0.375. The lowest BCUT2D eigenvalue weighted by Gasteiger charge is -2.27. The molecule has 1 aromatic heterocycles. The molecule has 0 fully saturated rings. The van der Waals surface area contributed by atoms with E-state index in [4.69, 9.17) is 0 Å². The Hall–Kier alpha value is -0.350. The molecule has 0 saturated heterocycles. The van der Waals surface area contributed by atoms with E-state index in [0.29, 0.717) is 6.54 Å². The van der Waals surface area contributed by atoms with Gasteiger partial charge in [0.05, 0.1) is 9.89 Å². The maximum Gasteiger partial charge on any atom is 0.252 e. The molecule has 64 valence electrons. The number of hydrogen-bond acceptors (Lipinski definition) is 2. The van der Waals surface area contributed by atoms with Gasteiger partial charge in [-0.25, -0.2) is 0 Å². The zero-order valence-electron chi connectivity index (χ0n) is 6.56. The van der Waals surface area contributed by atoms with Crippen LogP contribution in [0.25, 0.3) is 0 Å². The van der Waals surface area contributed by atoms with Crippen molar-refractivity contribution in [2.24, 2.45) is 0 Å². The molecular weight excluding hydrogens is 238 g/mol. The average Bonchev–Trinajstić information content (AvgIpc) is 2.46. The van der Waals surface area contributed by atoms with E-state index >= 15 is 0 Å². The van der Waals surface area contributed by atoms with Crippen molar-refractivity contribution in [2.75, 3.05) is 6.54 Å². The number of hydrogen-bond donors (Lipinski definition) is 1. The molecule has 2 rings (SSSR count). The Labute approximate surface area is 83.1 Å². The lowest BCUT2D eigenvalue weighted by atomic mass is 10.0. The van der Waals surface area contributed by atoms with Crippen molar-refractivity contribution in [3.8, 4) is 0 Å². The molecule has 4 heteroatoms. The molecule has 1 amide bonds. The van der Waals surface area contributed by atoms with Crippen molar-refractivity contribution >= 4 is 33.2 Å². The van der Waals surface area contributed by atoms with Gasteiger partial charge in [0.25, 0.3) is 5.91 Å². The summed E-state index contributed by atoms with van der Waals surface area (Å²) in [5.74, 6) is 0.0446. The second-order valence-electron chi connectivity index (χ2n) is 3.04. The first-order valence-electron chi connectivity index (χ1n) is 3.66. The van der Waals surface area contributed by atoms with Gasteiger partial charge >= 0.3 is 0 Å². The molecule has 2 heterocycles. The highest BCUT2D eigenvalue weighted by Crippen LogP contribution is 2.38. The number of halogens is 1. The summed E-state index contributed by atoms with van der Waals surface area (Å²) in [6, 6.07) is 1.87. The third kappa shape index (κ3) is 1.10. The highest BCUT2D eigenvalue weighted by Gasteiger charge is 2.34. The van der Waals surface area contributed by atoms with E-state index in [0.717, 1.165) is 10.4 Å². The van der Waals surface area contributed by atoms with Crippen LogP contribution in [-0.2, 0) is 4.32 Å². The van der Waals surface area contributed by atoms with Gasteiger partial charge in [0.1, 0.15) is 0 Å². The van der Waals surface area contributed by atoms with Gasteiger partial charge in [-0.2, -0.15) is 0 Å². The van der Waals surface area contributed by atoms with Gasteiger partial charge in [-0.15, -0.1) is 11.3 Å². The fourth-order valence-electron chi connectivity index (χ4n) is 1.31. The predicted octanol–water partition coefficient (Wildman–Crippen LogP) is 2.10. The van der Waals surface area contributed by atoms with Gasteiger partial charge in [-0.1, -0.05) is 15.9 Å². The lowest BCUT2D eigenvalue weighted by Crippen LogP contribution is -2.40. The number of thiophene rings is 1. The number of alkyl halides is 1. The van der Waals surface area contributed by atoms with E-state index < -0.39 is 0 Å². The summed E-state index contributed by atoms with van der Waals surface area (Å²) in [6.07, 6.45) is 0. The van der Waals surface area contributed by atoms with Crippen molar-refractivity contribution < 1.29 is 4.79 Å². The first-order valence-corrected chi connectivity index (χ1v) is 5.33. The summed E-state index contributed by atoms with van der Waals surface area (Å²) in [7, 11) is 0. The Morgan fingerprint density at radius 3 is 3.17 bits per heavy atom. The van der Waals surface area contributed by atoms with Gasteiger partial charge in [-0.3, -0.25) is 4.79 Å². The molecule has 1 aliphatic heterocycles. The topological polar surface area (TPSA) is 29.1 Å². The minimum Gasteiger partial charge on any atom is -0.350 e. The van der Waals surface area contributed by atoms with Gasteiger partial charge in [0.2, 0.25) is 0 Å². The van der Waals surface area contributed by atoms with E-state index in [2.05, 4.69) is 28.2 Å². The maximum atomic E-state index is 11.3. The van der Waals surface area contributed by atoms with Gasteiger partial charge < -0.3 is 5.32 Å². The second kappa shape index (κ2) is 2.57. The van der Waals surface area contributed by atoms with Crippen LogP contribution in [0.5, 0.6) is 0 Å². The highest BCUT2D eigenvalue weighted by atomic mass is 79.9. The number of carbonyl (C=O) groups is 1. The molecule has 1 aliphatic rings. The van der Waals surface area contributed by atoms with Crippen molar-refractivity contribution in [1.29, 1.82) is 0 Å². The molecule has 0 aromatic carbocycles. The molecule has 0 bridgehead atoms. The van der Waals surface area contributed by atoms with Crippen molar-refractivity contribution in [3.63, 3.8) is 0 Å². The van der Waals surface area contributed by atoms with Crippen LogP contribution in [-0.4, -0.2) is 12.5 Å². The van der Waals surface area contributed by atoms with E-state index in [1.807, 2.05) is 11.4 Å². The second-order valence-corrected chi connectivity index (χ2v) is 5.71. The number of carbonyl (C=O) groups excluding carboxylic acids is 1. The number of amides is 1. The van der Waals surface area contributed by atoms with Crippen LogP contribution < -0.4 is 5.32 Å². The van der Waals surface area contributed by atoms with Crippen molar-refractivity contribution in [3.05, 3.63) is 21.9 Å². The Kier molecular flexibility index (Phi) is 1.77. The number of fused-ring (bicyclic) bond motifs is 1. The molecular formula is C8H8BrNOS. The SMILES string of the molecule is CC1(Br)CNC(=O)c2ccsc21. The number of nitrogens with one attached hydrogen (secondary N) is 1. The Morgan fingerprint density at radius 1 is 1.75 bits per heavy atom. The summed E-state index contributed by atoms with van der Waals surface area (Å²) in [6.45, 7) is 2.74. The smallest absolute Gasteiger partial charge is 0.252 e. The molecule has 1 atom stereocenters. The largest absolute Gasteiger partial charge is 0.350 e. The Bertz CT molecular complexity index is 332. The maximum absolute atomic E-state index is 11.3. The number of rotatable bonds is 0. The van der Waals surface area contributed by atoms with Crippen molar-refractivity contribution in [2.45, 2.75) is 11.2 Å². The van der Waals surface area contributed by atoms with Gasteiger partial charge in [0.15, 0.2) is 0 Å². The molecule has 2 nitrogen and oxygen atoms in total. The molecule has 12 heavy (non-hydrogen) atoms. The average molecular weight is 246 g/mol. The lowest BCUT2D eigenvalue weighted by molar-refractivity contribution is 0.0940. The van der Waals surface area contributed by atoms with Crippen LogP contribution in [0.3, 0.4) is 0 Å². The summed E-state index contributed by atoms with van der Waals surface area (Å²) < 4.78 is -0.0790. The normalized spacial score (nSPS) is 28.0. The summed E-state index contributed by atoms with van der Waals surface area (Å²) in [4.78, 5) is 12.4. The molecule has 1 N–H and O–H groups in total. The molecule has 0 saturated carbocycles. The van der Waals surface area contributed by atoms with Crippen molar-refractivity contribution in [1.82, 2.24) is 5.32 Å². The van der Waals surface area contributed by atoms with Crippen LogP contribution in [0, 0.1) is 0 Å². The third-order valence-electron chi connectivity index (χ3n) is 1.96. The molecule has 1 aromatic rings. The summed E-state index contributed by atoms with van der Waals surface area (Å²) in [5.41, 5.74) is 0.811. The quantitative estimate of drug-likeness (QED) is 0.698. The van der Waals surface area contributed by atoms with Crippen LogP contribution in [0.4, 0.5) is 0 Å². The first kappa shape index (κ1) is 8.26. The molecule has 0 aliphatic carbocycles. The van der Waals surface area contributed by atoms with E-state index in [1.165, 1.54) is 0 Å². The highest BCUT2D eigenvalue weighted by molar-refractivity contribution is 9.09. The van der Waals surface area contributed by atoms with Crippen LogP contribution >= 0.6 is 27.3 Å².